The molecule has 3 atom stereocenters. The predicted molar refractivity (Wildman–Crippen MR) is 112 cm³/mol. The number of rotatable bonds is 12. The van der Waals surface area contributed by atoms with Crippen molar-refractivity contribution in [2.45, 2.75) is 90.1 Å². The maximum Gasteiger partial charge on any atom is 0.303 e. The number of unbranched alkanes of at least 4 members (excludes halogenated alkanes) is 3. The fourth-order valence-corrected chi connectivity index (χ4v) is 4.42. The number of Topliss-reactive ketones (excluding diaryl/α,β-unsaturated/α-hetero) is 1. The first-order valence-corrected chi connectivity index (χ1v) is 11.0. The third kappa shape index (κ3) is 7.05. The minimum Gasteiger partial charge on any atom is -0.481 e. The number of aliphatic hydroxyl groups is 1. The van der Waals surface area contributed by atoms with Gasteiger partial charge in [-0.2, -0.15) is 0 Å². The van der Waals surface area contributed by atoms with E-state index in [-0.39, 0.29) is 18.4 Å². The van der Waals surface area contributed by atoms with Crippen LogP contribution >= 0.6 is 0 Å². The van der Waals surface area contributed by atoms with Gasteiger partial charge in [-0.1, -0.05) is 56.1 Å². The second kappa shape index (κ2) is 12.0. The second-order valence-corrected chi connectivity index (χ2v) is 8.23. The molecule has 0 spiro atoms. The molecule has 2 N–H and O–H groups in total. The van der Waals surface area contributed by atoms with Crippen molar-refractivity contribution in [3.63, 3.8) is 0 Å². The summed E-state index contributed by atoms with van der Waals surface area (Å²) in [7, 11) is 0. The molecular weight excluding hydrogens is 352 g/mol. The van der Waals surface area contributed by atoms with Gasteiger partial charge in [0.1, 0.15) is 5.78 Å². The summed E-state index contributed by atoms with van der Waals surface area (Å²) < 4.78 is 0. The van der Waals surface area contributed by atoms with Crippen LogP contribution < -0.4 is 0 Å². The minimum absolute atomic E-state index is 0.0266. The molecule has 4 heteroatoms. The number of carbonyl (C=O) groups is 2. The third-order valence-corrected chi connectivity index (χ3v) is 6.07. The number of carbonyl (C=O) groups excluding carboxylic acids is 1. The Balaban J connectivity index is 1.88. The molecule has 1 fully saturated rings. The number of hydrogen-bond acceptors (Lipinski definition) is 3. The second-order valence-electron chi connectivity index (χ2n) is 8.23. The minimum atomic E-state index is -0.748. The van der Waals surface area contributed by atoms with Crippen LogP contribution in [0.1, 0.15) is 84.0 Å². The van der Waals surface area contributed by atoms with Gasteiger partial charge in [-0.25, -0.2) is 0 Å². The van der Waals surface area contributed by atoms with E-state index in [0.29, 0.717) is 24.5 Å². The van der Waals surface area contributed by atoms with E-state index in [1.54, 1.807) is 0 Å². The van der Waals surface area contributed by atoms with Gasteiger partial charge >= 0.3 is 5.97 Å². The van der Waals surface area contributed by atoms with Crippen molar-refractivity contribution < 1.29 is 19.8 Å². The molecule has 0 aromatic heterocycles. The molecule has 0 aromatic carbocycles. The van der Waals surface area contributed by atoms with E-state index in [1.165, 1.54) is 5.57 Å². The van der Waals surface area contributed by atoms with E-state index in [9.17, 15) is 14.7 Å². The van der Waals surface area contributed by atoms with Gasteiger partial charge in [0.05, 0.1) is 6.10 Å². The molecule has 0 amide bonds. The van der Waals surface area contributed by atoms with E-state index >= 15 is 0 Å². The average molecular weight is 389 g/mol. The van der Waals surface area contributed by atoms with Crippen LogP contribution in [0.15, 0.2) is 35.5 Å². The highest BCUT2D eigenvalue weighted by Gasteiger charge is 2.36. The summed E-state index contributed by atoms with van der Waals surface area (Å²) in [4.78, 5) is 23.0. The summed E-state index contributed by atoms with van der Waals surface area (Å²) in [5, 5.41) is 19.0. The van der Waals surface area contributed by atoms with Gasteiger partial charge in [0.2, 0.25) is 0 Å². The van der Waals surface area contributed by atoms with E-state index in [1.807, 2.05) is 0 Å². The number of aliphatic hydroxyl groups excluding tert-OH is 1. The molecule has 156 valence electrons. The van der Waals surface area contributed by atoms with Crippen molar-refractivity contribution >= 4 is 11.8 Å². The molecule has 0 bridgehead atoms. The Hall–Kier alpha value is -1.68. The maximum atomic E-state index is 12.5. The number of allylic oxidation sites excluding steroid dienone is 5. The monoisotopic (exact) mass is 388 g/mol. The molecular formula is C24H36O4. The van der Waals surface area contributed by atoms with Crippen LogP contribution in [-0.2, 0) is 9.59 Å². The quantitative estimate of drug-likeness (QED) is 0.348. The fraction of sp³-hybridized carbons (Fsp3) is 0.667. The highest BCUT2D eigenvalue weighted by molar-refractivity contribution is 5.86. The lowest BCUT2D eigenvalue weighted by Crippen LogP contribution is -2.20. The lowest BCUT2D eigenvalue weighted by Gasteiger charge is -2.25. The van der Waals surface area contributed by atoms with Crippen LogP contribution in [0.2, 0.25) is 0 Å². The normalized spacial score (nSPS) is 23.7. The van der Waals surface area contributed by atoms with Crippen molar-refractivity contribution in [3.8, 4) is 0 Å². The van der Waals surface area contributed by atoms with Crippen molar-refractivity contribution in [2.75, 3.05) is 0 Å². The number of carboxylic acid groups (broad SMARTS) is 1. The first-order valence-electron chi connectivity index (χ1n) is 11.0. The number of aliphatic carboxylic acids is 1. The predicted octanol–water partition coefficient (Wildman–Crippen LogP) is 5.37. The van der Waals surface area contributed by atoms with Gasteiger partial charge in [0, 0.05) is 18.8 Å². The van der Waals surface area contributed by atoms with Crippen molar-refractivity contribution in [3.05, 3.63) is 35.5 Å². The molecule has 0 saturated heterocycles. The van der Waals surface area contributed by atoms with Crippen LogP contribution in [0.5, 0.6) is 0 Å². The molecule has 2 aliphatic rings. The molecule has 28 heavy (non-hydrogen) atoms. The summed E-state index contributed by atoms with van der Waals surface area (Å²) >= 11 is 0. The van der Waals surface area contributed by atoms with Gasteiger partial charge in [-0.3, -0.25) is 9.59 Å². The van der Waals surface area contributed by atoms with Crippen molar-refractivity contribution in [1.29, 1.82) is 0 Å². The fourth-order valence-electron chi connectivity index (χ4n) is 4.42. The Bertz CT molecular complexity index is 614. The number of carboxylic acids is 1. The number of ketones is 1. The lowest BCUT2D eigenvalue weighted by atomic mass is 9.80. The highest BCUT2D eigenvalue weighted by atomic mass is 16.4. The highest BCUT2D eigenvalue weighted by Crippen LogP contribution is 2.40. The third-order valence-electron chi connectivity index (χ3n) is 6.07. The van der Waals surface area contributed by atoms with Crippen molar-refractivity contribution in [1.82, 2.24) is 0 Å². The molecule has 0 heterocycles. The average Bonchev–Trinajstić information content (AvgIpc) is 3.05. The van der Waals surface area contributed by atoms with Crippen LogP contribution in [0.25, 0.3) is 0 Å². The molecule has 2 rings (SSSR count). The first-order chi connectivity index (χ1) is 13.5. The zero-order valence-electron chi connectivity index (χ0n) is 17.2. The maximum absolute atomic E-state index is 12.5. The van der Waals surface area contributed by atoms with Gasteiger partial charge in [-0.05, 0) is 56.4 Å². The Morgan fingerprint density at radius 1 is 1.18 bits per heavy atom. The van der Waals surface area contributed by atoms with E-state index < -0.39 is 5.97 Å². The molecule has 2 aliphatic carbocycles. The molecule has 4 nitrogen and oxygen atoms in total. The smallest absolute Gasteiger partial charge is 0.303 e. The Kier molecular flexibility index (Phi) is 9.69. The molecule has 0 aromatic rings. The summed E-state index contributed by atoms with van der Waals surface area (Å²) in [5.41, 5.74) is 2.34. The van der Waals surface area contributed by atoms with Gasteiger partial charge < -0.3 is 10.2 Å². The standard InChI is InChI=1S/C24H36O4/c1-2-3-6-10-21(25)18-12-14-20(15-13-18)24-19(16-17-22(24)26)9-7-4-5-8-11-23(27)28/h4,7,12,14,19,21,24-25H,2-3,5-6,8-11,13,15-17H2,1H3,(H,27,28)/b7-4-. The van der Waals surface area contributed by atoms with Crippen LogP contribution in [0, 0.1) is 11.8 Å². The van der Waals surface area contributed by atoms with E-state index in [2.05, 4.69) is 31.2 Å². The van der Waals surface area contributed by atoms with Gasteiger partial charge in [0.15, 0.2) is 0 Å². The molecule has 3 unspecified atom stereocenters. The molecule has 0 aliphatic heterocycles. The lowest BCUT2D eigenvalue weighted by molar-refractivity contribution is -0.137. The Labute approximate surface area is 169 Å². The molecule has 1 saturated carbocycles. The zero-order valence-corrected chi connectivity index (χ0v) is 17.2. The van der Waals surface area contributed by atoms with Crippen LogP contribution in [0.4, 0.5) is 0 Å². The summed E-state index contributed by atoms with van der Waals surface area (Å²) in [6.07, 6.45) is 18.1. The largest absolute Gasteiger partial charge is 0.481 e. The number of hydrogen-bond donors (Lipinski definition) is 2. The van der Waals surface area contributed by atoms with Crippen molar-refractivity contribution in [2.24, 2.45) is 11.8 Å². The first kappa shape index (κ1) is 22.6. The summed E-state index contributed by atoms with van der Waals surface area (Å²) in [5.74, 6) is -0.00419. The van der Waals surface area contributed by atoms with Crippen LogP contribution in [-0.4, -0.2) is 28.1 Å². The van der Waals surface area contributed by atoms with E-state index in [4.69, 9.17) is 5.11 Å². The topological polar surface area (TPSA) is 74.6 Å². The SMILES string of the molecule is CCCCCC(O)C1=CC=C(C2C(=O)CCC2C/C=C\CCCC(=O)O)CC1. The Morgan fingerprint density at radius 3 is 2.68 bits per heavy atom. The summed E-state index contributed by atoms with van der Waals surface area (Å²) in [6.45, 7) is 2.17. The van der Waals surface area contributed by atoms with Gasteiger partial charge in [-0.15, -0.1) is 0 Å². The van der Waals surface area contributed by atoms with Crippen LogP contribution in [0.3, 0.4) is 0 Å². The van der Waals surface area contributed by atoms with E-state index in [0.717, 1.165) is 63.4 Å². The molecule has 0 radical (unpaired) electrons. The van der Waals surface area contributed by atoms with Gasteiger partial charge in [0.25, 0.3) is 0 Å². The Morgan fingerprint density at radius 2 is 2.00 bits per heavy atom. The summed E-state index contributed by atoms with van der Waals surface area (Å²) in [6, 6.07) is 0. The zero-order chi connectivity index (χ0) is 20.4.